The first-order chi connectivity index (χ1) is 17.3. The van der Waals surface area contributed by atoms with Crippen LogP contribution in [0.2, 0.25) is 0 Å². The van der Waals surface area contributed by atoms with Crippen LogP contribution in [0.25, 0.3) is 0 Å². The predicted octanol–water partition coefficient (Wildman–Crippen LogP) is 6.30. The molecule has 0 radical (unpaired) electrons. The number of hydroxylamine groups is 4. The van der Waals surface area contributed by atoms with Gasteiger partial charge in [0.15, 0.2) is 0 Å². The zero-order chi connectivity index (χ0) is 24.0. The van der Waals surface area contributed by atoms with Gasteiger partial charge in [0.1, 0.15) is 0 Å². The summed E-state index contributed by atoms with van der Waals surface area (Å²) in [6, 6.07) is 41.7. The molecule has 4 rings (SSSR count). The summed E-state index contributed by atoms with van der Waals surface area (Å²) >= 11 is 0. The first-order valence-electron chi connectivity index (χ1n) is 12.3. The maximum absolute atomic E-state index is 6.30. The fraction of sp³-hybridized carbons (Fsp3) is 0.226. The van der Waals surface area contributed by atoms with Gasteiger partial charge in [0.25, 0.3) is 0 Å². The zero-order valence-corrected chi connectivity index (χ0v) is 20.2. The van der Waals surface area contributed by atoms with Gasteiger partial charge in [-0.2, -0.15) is 10.1 Å². The average Bonchev–Trinajstić information content (AvgIpc) is 2.93. The molecule has 0 fully saturated rings. The minimum atomic E-state index is 0.529. The molecular formula is C31H34N2O2. The number of nitrogens with zero attached hydrogens (tertiary/aromatic N) is 2. The van der Waals surface area contributed by atoms with Crippen LogP contribution in [0.15, 0.2) is 121 Å². The van der Waals surface area contributed by atoms with E-state index in [0.29, 0.717) is 19.9 Å². The quantitative estimate of drug-likeness (QED) is 0.161. The fourth-order valence-corrected chi connectivity index (χ4v) is 3.81. The van der Waals surface area contributed by atoms with E-state index < -0.39 is 0 Å². The zero-order valence-electron chi connectivity index (χ0n) is 20.2. The third-order valence-electron chi connectivity index (χ3n) is 5.81. The molecular weight excluding hydrogens is 432 g/mol. The first-order valence-corrected chi connectivity index (χ1v) is 12.3. The standard InChI is InChI=1S/C31H34N2O2/c1-5-13-28(14-6-1)21-23-32(34-25-30-17-9-3-10-18-30)27-33(24-22-29-15-7-2-8-16-29)35-26-31-19-11-4-12-20-31/h1-20H,21-27H2. The number of hydrogen-bond acceptors (Lipinski definition) is 4. The van der Waals surface area contributed by atoms with Crippen molar-refractivity contribution in [3.8, 4) is 0 Å². The lowest BCUT2D eigenvalue weighted by atomic mass is 10.1. The molecule has 4 heteroatoms. The van der Waals surface area contributed by atoms with Gasteiger partial charge in [0.2, 0.25) is 0 Å². The lowest BCUT2D eigenvalue weighted by Crippen LogP contribution is -2.40. The molecule has 0 saturated heterocycles. The van der Waals surface area contributed by atoms with Gasteiger partial charge in [-0.25, -0.2) is 0 Å². The summed E-state index contributed by atoms with van der Waals surface area (Å²) < 4.78 is 0. The van der Waals surface area contributed by atoms with E-state index in [1.807, 2.05) is 46.5 Å². The molecule has 0 aliphatic rings. The van der Waals surface area contributed by atoms with Gasteiger partial charge < -0.3 is 0 Å². The molecule has 4 aromatic carbocycles. The normalized spacial score (nSPS) is 11.3. The van der Waals surface area contributed by atoms with Gasteiger partial charge in [-0.1, -0.05) is 121 Å². The Morgan fingerprint density at radius 2 is 0.714 bits per heavy atom. The van der Waals surface area contributed by atoms with Crippen LogP contribution >= 0.6 is 0 Å². The maximum atomic E-state index is 6.30. The monoisotopic (exact) mass is 466 g/mol. The molecule has 0 aliphatic heterocycles. The molecule has 0 bridgehead atoms. The number of benzene rings is 4. The molecule has 0 spiro atoms. The highest BCUT2D eigenvalue weighted by molar-refractivity contribution is 5.16. The Labute approximate surface area is 209 Å². The van der Waals surface area contributed by atoms with Crippen molar-refractivity contribution in [1.29, 1.82) is 0 Å². The molecule has 0 aromatic heterocycles. The second kappa shape index (κ2) is 14.2. The van der Waals surface area contributed by atoms with Crippen LogP contribution in [0.4, 0.5) is 0 Å². The van der Waals surface area contributed by atoms with E-state index in [4.69, 9.17) is 9.68 Å². The van der Waals surface area contributed by atoms with Crippen molar-refractivity contribution in [3.63, 3.8) is 0 Å². The molecule has 0 atom stereocenters. The average molecular weight is 467 g/mol. The molecule has 0 saturated carbocycles. The fourth-order valence-electron chi connectivity index (χ4n) is 3.81. The summed E-state index contributed by atoms with van der Waals surface area (Å²) in [7, 11) is 0. The Kier molecular flexibility index (Phi) is 10.1. The minimum absolute atomic E-state index is 0.529. The van der Waals surface area contributed by atoms with E-state index in [2.05, 4.69) is 84.9 Å². The van der Waals surface area contributed by atoms with Crippen LogP contribution < -0.4 is 0 Å². The van der Waals surface area contributed by atoms with Crippen molar-refractivity contribution in [3.05, 3.63) is 144 Å². The third-order valence-corrected chi connectivity index (χ3v) is 5.81. The molecule has 0 unspecified atom stereocenters. The summed E-state index contributed by atoms with van der Waals surface area (Å²) in [6.45, 7) is 3.15. The summed E-state index contributed by atoms with van der Waals surface area (Å²) in [5.74, 6) is 0. The third kappa shape index (κ3) is 9.12. The number of rotatable bonds is 14. The molecule has 4 aromatic rings. The van der Waals surface area contributed by atoms with Crippen molar-refractivity contribution >= 4 is 0 Å². The van der Waals surface area contributed by atoms with Gasteiger partial charge >= 0.3 is 0 Å². The maximum Gasteiger partial charge on any atom is 0.1000 e. The largest absolute Gasteiger partial charge is 0.293 e. The van der Waals surface area contributed by atoms with Gasteiger partial charge in [-0.3, -0.25) is 9.68 Å². The molecule has 0 heterocycles. The lowest BCUT2D eigenvalue weighted by Gasteiger charge is -2.29. The van der Waals surface area contributed by atoms with Crippen molar-refractivity contribution in [1.82, 2.24) is 10.1 Å². The van der Waals surface area contributed by atoms with E-state index in [1.54, 1.807) is 0 Å². The Balaban J connectivity index is 1.42. The van der Waals surface area contributed by atoms with Crippen LogP contribution in [-0.4, -0.2) is 29.9 Å². The Hall–Kier alpha value is -3.28. The second-order valence-corrected chi connectivity index (χ2v) is 8.54. The summed E-state index contributed by atoms with van der Waals surface area (Å²) in [4.78, 5) is 12.6. The van der Waals surface area contributed by atoms with E-state index >= 15 is 0 Å². The van der Waals surface area contributed by atoms with Crippen LogP contribution in [0, 0.1) is 0 Å². The second-order valence-electron chi connectivity index (χ2n) is 8.54. The molecule has 4 nitrogen and oxygen atoms in total. The highest BCUT2D eigenvalue weighted by Gasteiger charge is 2.14. The van der Waals surface area contributed by atoms with Crippen LogP contribution in [0.5, 0.6) is 0 Å². The van der Waals surface area contributed by atoms with Crippen LogP contribution in [0.3, 0.4) is 0 Å². The van der Waals surface area contributed by atoms with E-state index in [0.717, 1.165) is 37.1 Å². The SMILES string of the molecule is c1ccc(CCN(CN(CCc2ccccc2)OCc2ccccc2)OCc2ccccc2)cc1. The van der Waals surface area contributed by atoms with Crippen molar-refractivity contribution in [2.45, 2.75) is 26.1 Å². The Morgan fingerprint density at radius 3 is 1.06 bits per heavy atom. The smallest absolute Gasteiger partial charge is 0.1000 e. The summed E-state index contributed by atoms with van der Waals surface area (Å²) in [6.07, 6.45) is 1.81. The lowest BCUT2D eigenvalue weighted by molar-refractivity contribution is -0.265. The predicted molar refractivity (Wildman–Crippen MR) is 141 cm³/mol. The van der Waals surface area contributed by atoms with Crippen molar-refractivity contribution in [2.24, 2.45) is 0 Å². The van der Waals surface area contributed by atoms with Gasteiger partial charge in [0, 0.05) is 13.1 Å². The first kappa shape index (κ1) is 24.8. The highest BCUT2D eigenvalue weighted by Crippen LogP contribution is 2.11. The van der Waals surface area contributed by atoms with Crippen molar-refractivity contribution in [2.75, 3.05) is 19.8 Å². The summed E-state index contributed by atoms with van der Waals surface area (Å²) in [5.41, 5.74) is 4.89. The van der Waals surface area contributed by atoms with Crippen molar-refractivity contribution < 1.29 is 9.68 Å². The highest BCUT2D eigenvalue weighted by atomic mass is 16.7. The molecule has 180 valence electrons. The Bertz CT molecular complexity index is 900. The van der Waals surface area contributed by atoms with Gasteiger partial charge in [-0.05, 0) is 35.1 Å². The van der Waals surface area contributed by atoms with Gasteiger partial charge in [-0.15, -0.1) is 0 Å². The van der Waals surface area contributed by atoms with Crippen LogP contribution in [-0.2, 0) is 35.7 Å². The molecule has 0 amide bonds. The van der Waals surface area contributed by atoms with Gasteiger partial charge in [0.05, 0.1) is 19.9 Å². The van der Waals surface area contributed by atoms with Crippen LogP contribution in [0.1, 0.15) is 22.3 Å². The van der Waals surface area contributed by atoms with E-state index in [-0.39, 0.29) is 0 Å². The summed E-state index contributed by atoms with van der Waals surface area (Å²) in [5, 5.41) is 4.05. The molecule has 0 aliphatic carbocycles. The Morgan fingerprint density at radius 1 is 0.400 bits per heavy atom. The molecule has 0 N–H and O–H groups in total. The molecule has 35 heavy (non-hydrogen) atoms. The van der Waals surface area contributed by atoms with E-state index in [9.17, 15) is 0 Å². The topological polar surface area (TPSA) is 24.9 Å². The van der Waals surface area contributed by atoms with E-state index in [1.165, 1.54) is 11.1 Å². The minimum Gasteiger partial charge on any atom is -0.293 e. The number of hydrogen-bond donors (Lipinski definition) is 0.